The third kappa shape index (κ3) is 4.12. The molecule has 0 radical (unpaired) electrons. The van der Waals surface area contributed by atoms with Gasteiger partial charge in [-0.25, -0.2) is 0 Å². The molecule has 2 N–H and O–H groups in total. The summed E-state index contributed by atoms with van der Waals surface area (Å²) in [6.07, 6.45) is 0. The van der Waals surface area contributed by atoms with Crippen LogP contribution in [-0.4, -0.2) is 21.3 Å². The van der Waals surface area contributed by atoms with Gasteiger partial charge in [0.15, 0.2) is 5.82 Å². The Morgan fingerprint density at radius 1 is 1.26 bits per heavy atom. The van der Waals surface area contributed by atoms with Crippen LogP contribution in [0.15, 0.2) is 63.3 Å². The predicted octanol–water partition coefficient (Wildman–Crippen LogP) is 4.98. The highest BCUT2D eigenvalue weighted by Crippen LogP contribution is 2.28. The average Bonchev–Trinajstić information content (AvgIpc) is 3.42. The van der Waals surface area contributed by atoms with Crippen LogP contribution in [0.2, 0.25) is 0 Å². The van der Waals surface area contributed by atoms with E-state index in [1.807, 2.05) is 54.8 Å². The highest BCUT2D eigenvalue weighted by atomic mass is 32.2. The molecule has 1 aromatic carbocycles. The zero-order chi connectivity index (χ0) is 18.6. The van der Waals surface area contributed by atoms with Crippen molar-refractivity contribution in [1.29, 1.82) is 0 Å². The van der Waals surface area contributed by atoms with Crippen LogP contribution in [0, 0.1) is 6.92 Å². The summed E-state index contributed by atoms with van der Waals surface area (Å²) in [4.78, 5) is 14.7. The van der Waals surface area contributed by atoms with Gasteiger partial charge in [-0.15, -0.1) is 23.1 Å². The van der Waals surface area contributed by atoms with Crippen molar-refractivity contribution in [3.05, 3.63) is 70.9 Å². The maximum absolute atomic E-state index is 12.7. The summed E-state index contributed by atoms with van der Waals surface area (Å²) >= 11 is 3.15. The van der Waals surface area contributed by atoms with Crippen LogP contribution in [0.4, 0.5) is 5.82 Å². The molecule has 0 aliphatic rings. The minimum Gasteiger partial charge on any atom is -0.360 e. The van der Waals surface area contributed by atoms with Crippen LogP contribution < -0.4 is 5.32 Å². The number of carbonyl (C=O) groups excluding carboxylic acids is 1. The van der Waals surface area contributed by atoms with Crippen molar-refractivity contribution in [3.63, 3.8) is 0 Å². The Kier molecular flexibility index (Phi) is 5.08. The molecular formula is C19H16N4O2S2. The van der Waals surface area contributed by atoms with E-state index in [1.54, 1.807) is 17.4 Å². The Bertz CT molecular complexity index is 1050. The summed E-state index contributed by atoms with van der Waals surface area (Å²) in [7, 11) is 0. The van der Waals surface area contributed by atoms with Gasteiger partial charge in [0, 0.05) is 17.0 Å². The van der Waals surface area contributed by atoms with Gasteiger partial charge in [-0.05, 0) is 30.5 Å². The van der Waals surface area contributed by atoms with E-state index in [0.717, 1.165) is 26.9 Å². The number of nitrogens with zero attached hydrogens (tertiary/aromatic N) is 2. The fraction of sp³-hybridized carbons (Fsp3) is 0.105. The van der Waals surface area contributed by atoms with Crippen LogP contribution >= 0.6 is 23.1 Å². The van der Waals surface area contributed by atoms with Gasteiger partial charge in [-0.2, -0.15) is 5.10 Å². The van der Waals surface area contributed by atoms with E-state index in [4.69, 9.17) is 4.52 Å². The summed E-state index contributed by atoms with van der Waals surface area (Å²) in [5.74, 6) is 1.68. The van der Waals surface area contributed by atoms with E-state index in [-0.39, 0.29) is 5.91 Å². The topological polar surface area (TPSA) is 83.8 Å². The fourth-order valence-electron chi connectivity index (χ4n) is 2.54. The smallest absolute Gasteiger partial charge is 0.257 e. The van der Waals surface area contributed by atoms with Gasteiger partial charge in [0.2, 0.25) is 0 Å². The van der Waals surface area contributed by atoms with Crippen molar-refractivity contribution in [2.75, 3.05) is 5.32 Å². The number of aryl methyl sites for hydroxylation is 1. The average molecular weight is 396 g/mol. The first kappa shape index (κ1) is 17.6. The van der Waals surface area contributed by atoms with Crippen molar-refractivity contribution in [3.8, 4) is 10.6 Å². The Balaban J connectivity index is 1.47. The largest absolute Gasteiger partial charge is 0.360 e. The number of aromatic nitrogens is 3. The zero-order valence-electron chi connectivity index (χ0n) is 14.4. The molecular weight excluding hydrogens is 380 g/mol. The third-order valence-electron chi connectivity index (χ3n) is 3.78. The number of benzene rings is 1. The van der Waals surface area contributed by atoms with E-state index >= 15 is 0 Å². The SMILES string of the molecule is Cc1cc(CSc2ccccc2C(=O)Nc2cc(-c3cccs3)[nH]n2)on1. The summed E-state index contributed by atoms with van der Waals surface area (Å²) in [5.41, 5.74) is 2.32. The Morgan fingerprint density at radius 3 is 2.93 bits per heavy atom. The fourth-order valence-corrected chi connectivity index (χ4v) is 4.16. The number of hydrogen-bond donors (Lipinski definition) is 2. The maximum atomic E-state index is 12.7. The van der Waals surface area contributed by atoms with E-state index in [2.05, 4.69) is 20.7 Å². The standard InChI is InChI=1S/C19H16N4O2S2/c1-12-9-13(25-23-12)11-27-16-6-3-2-5-14(16)19(24)20-18-10-15(21-22-18)17-7-4-8-26-17/h2-10H,11H2,1H3,(H2,20,21,22,24). The number of anilines is 1. The number of carbonyl (C=O) groups is 1. The van der Waals surface area contributed by atoms with E-state index in [0.29, 0.717) is 17.1 Å². The van der Waals surface area contributed by atoms with Crippen LogP contribution in [0.5, 0.6) is 0 Å². The minimum absolute atomic E-state index is 0.198. The van der Waals surface area contributed by atoms with Crippen LogP contribution in [0.25, 0.3) is 10.6 Å². The lowest BCUT2D eigenvalue weighted by Crippen LogP contribution is -2.13. The molecule has 1 amide bonds. The van der Waals surface area contributed by atoms with Crippen LogP contribution in [0.1, 0.15) is 21.8 Å². The molecule has 4 rings (SSSR count). The molecule has 0 aliphatic carbocycles. The molecule has 0 bridgehead atoms. The Labute approximate surface area is 164 Å². The summed E-state index contributed by atoms with van der Waals surface area (Å²) in [6, 6.07) is 15.2. The predicted molar refractivity (Wildman–Crippen MR) is 107 cm³/mol. The second kappa shape index (κ2) is 7.81. The molecule has 0 fully saturated rings. The molecule has 3 aromatic heterocycles. The minimum atomic E-state index is -0.198. The maximum Gasteiger partial charge on any atom is 0.257 e. The lowest BCUT2D eigenvalue weighted by Gasteiger charge is -2.07. The second-order valence-electron chi connectivity index (χ2n) is 5.82. The normalized spacial score (nSPS) is 10.9. The van der Waals surface area contributed by atoms with Gasteiger partial charge in [-0.1, -0.05) is 23.4 Å². The lowest BCUT2D eigenvalue weighted by molar-refractivity contribution is 0.102. The van der Waals surface area contributed by atoms with Crippen molar-refractivity contribution in [2.45, 2.75) is 17.6 Å². The van der Waals surface area contributed by atoms with E-state index < -0.39 is 0 Å². The van der Waals surface area contributed by atoms with E-state index in [1.165, 1.54) is 11.8 Å². The number of rotatable bonds is 6. The van der Waals surface area contributed by atoms with Crippen molar-refractivity contribution >= 4 is 34.8 Å². The van der Waals surface area contributed by atoms with Gasteiger partial charge in [0.05, 0.1) is 27.6 Å². The first-order valence-corrected chi connectivity index (χ1v) is 10.1. The first-order valence-electron chi connectivity index (χ1n) is 8.24. The molecule has 0 unspecified atom stereocenters. The first-order chi connectivity index (χ1) is 13.2. The van der Waals surface area contributed by atoms with Crippen molar-refractivity contribution in [2.24, 2.45) is 0 Å². The van der Waals surface area contributed by atoms with Gasteiger partial charge in [-0.3, -0.25) is 9.89 Å². The Hall–Kier alpha value is -2.84. The molecule has 0 atom stereocenters. The molecule has 27 heavy (non-hydrogen) atoms. The number of hydrogen-bond acceptors (Lipinski definition) is 6. The third-order valence-corrected chi connectivity index (χ3v) is 5.78. The molecule has 0 aliphatic heterocycles. The molecule has 8 heteroatoms. The zero-order valence-corrected chi connectivity index (χ0v) is 16.1. The number of aromatic amines is 1. The number of amides is 1. The molecule has 3 heterocycles. The lowest BCUT2D eigenvalue weighted by atomic mass is 10.2. The second-order valence-corrected chi connectivity index (χ2v) is 7.78. The van der Waals surface area contributed by atoms with Gasteiger partial charge >= 0.3 is 0 Å². The molecule has 0 saturated heterocycles. The summed E-state index contributed by atoms with van der Waals surface area (Å²) in [5, 5.41) is 15.9. The van der Waals surface area contributed by atoms with Gasteiger partial charge in [0.25, 0.3) is 5.91 Å². The van der Waals surface area contributed by atoms with Crippen LogP contribution in [-0.2, 0) is 5.75 Å². The number of thioether (sulfide) groups is 1. The quantitative estimate of drug-likeness (QED) is 0.449. The van der Waals surface area contributed by atoms with Crippen LogP contribution in [0.3, 0.4) is 0 Å². The molecule has 0 saturated carbocycles. The van der Waals surface area contributed by atoms with Crippen molar-refractivity contribution in [1.82, 2.24) is 15.4 Å². The number of H-pyrrole nitrogens is 1. The van der Waals surface area contributed by atoms with Gasteiger partial charge < -0.3 is 9.84 Å². The van der Waals surface area contributed by atoms with Crippen molar-refractivity contribution < 1.29 is 9.32 Å². The molecule has 136 valence electrons. The monoisotopic (exact) mass is 396 g/mol. The number of nitrogens with one attached hydrogen (secondary N) is 2. The summed E-state index contributed by atoms with van der Waals surface area (Å²) in [6.45, 7) is 1.88. The Morgan fingerprint density at radius 2 is 2.15 bits per heavy atom. The molecule has 4 aromatic rings. The highest BCUT2D eigenvalue weighted by molar-refractivity contribution is 7.98. The van der Waals surface area contributed by atoms with E-state index in [9.17, 15) is 4.79 Å². The molecule has 0 spiro atoms. The molecule has 6 nitrogen and oxygen atoms in total. The van der Waals surface area contributed by atoms with Gasteiger partial charge in [0.1, 0.15) is 5.76 Å². The highest BCUT2D eigenvalue weighted by Gasteiger charge is 2.14. The number of thiophene rings is 1. The summed E-state index contributed by atoms with van der Waals surface area (Å²) < 4.78 is 5.24.